The maximum absolute atomic E-state index is 12.1. The third kappa shape index (κ3) is 3.19. The number of rotatable bonds is 2. The molecule has 0 N–H and O–H groups in total. The summed E-state index contributed by atoms with van der Waals surface area (Å²) in [7, 11) is 1.51. The molecule has 23 heavy (non-hydrogen) atoms. The maximum atomic E-state index is 12.1. The SMILES string of the molecule is CN1C(=O)CC(N2CCN(C(=O)Oc3ccccc3)CC2)C1=O. The van der Waals surface area contributed by atoms with Gasteiger partial charge < -0.3 is 9.64 Å². The summed E-state index contributed by atoms with van der Waals surface area (Å²) in [6, 6.07) is 8.53. The number of carbonyl (C=O) groups excluding carboxylic acids is 3. The van der Waals surface area contributed by atoms with E-state index in [-0.39, 0.29) is 30.4 Å². The van der Waals surface area contributed by atoms with E-state index in [9.17, 15) is 14.4 Å². The molecular formula is C16H19N3O4. The smallest absolute Gasteiger partial charge is 0.410 e. The second-order valence-corrected chi connectivity index (χ2v) is 5.71. The second-order valence-electron chi connectivity index (χ2n) is 5.71. The van der Waals surface area contributed by atoms with Crippen LogP contribution in [0.4, 0.5) is 4.79 Å². The van der Waals surface area contributed by atoms with Crippen molar-refractivity contribution in [1.29, 1.82) is 0 Å². The number of imide groups is 1. The summed E-state index contributed by atoms with van der Waals surface area (Å²) in [5.74, 6) is 0.208. The van der Waals surface area contributed by atoms with Crippen molar-refractivity contribution in [3.05, 3.63) is 30.3 Å². The molecule has 1 unspecified atom stereocenters. The normalized spacial score (nSPS) is 22.6. The summed E-state index contributed by atoms with van der Waals surface area (Å²) in [6.45, 7) is 2.07. The summed E-state index contributed by atoms with van der Waals surface area (Å²) < 4.78 is 5.31. The van der Waals surface area contributed by atoms with Crippen molar-refractivity contribution in [2.24, 2.45) is 0 Å². The van der Waals surface area contributed by atoms with Gasteiger partial charge in [0, 0.05) is 33.2 Å². The van der Waals surface area contributed by atoms with Crippen LogP contribution in [-0.2, 0) is 9.59 Å². The van der Waals surface area contributed by atoms with Gasteiger partial charge >= 0.3 is 6.09 Å². The van der Waals surface area contributed by atoms with E-state index >= 15 is 0 Å². The van der Waals surface area contributed by atoms with Crippen LogP contribution in [0.15, 0.2) is 30.3 Å². The van der Waals surface area contributed by atoms with E-state index in [2.05, 4.69) is 0 Å². The van der Waals surface area contributed by atoms with Gasteiger partial charge in [-0.25, -0.2) is 4.79 Å². The van der Waals surface area contributed by atoms with Crippen molar-refractivity contribution in [2.45, 2.75) is 12.5 Å². The van der Waals surface area contributed by atoms with Crippen LogP contribution in [0, 0.1) is 0 Å². The quantitative estimate of drug-likeness (QED) is 0.746. The van der Waals surface area contributed by atoms with Gasteiger partial charge in [0.1, 0.15) is 5.75 Å². The van der Waals surface area contributed by atoms with E-state index in [4.69, 9.17) is 4.74 Å². The number of likely N-dealkylation sites (N-methyl/N-ethyl adjacent to an activating group) is 1. The third-order valence-electron chi connectivity index (χ3n) is 4.32. The molecule has 1 aromatic carbocycles. The Bertz CT molecular complexity index is 611. The Morgan fingerprint density at radius 1 is 1.09 bits per heavy atom. The van der Waals surface area contributed by atoms with Gasteiger partial charge in [-0.15, -0.1) is 0 Å². The third-order valence-corrected chi connectivity index (χ3v) is 4.32. The monoisotopic (exact) mass is 317 g/mol. The number of hydrogen-bond donors (Lipinski definition) is 0. The first-order valence-corrected chi connectivity index (χ1v) is 7.62. The number of likely N-dealkylation sites (tertiary alicyclic amines) is 1. The van der Waals surface area contributed by atoms with Gasteiger partial charge in [0.25, 0.3) is 0 Å². The zero-order valence-electron chi connectivity index (χ0n) is 13.0. The van der Waals surface area contributed by atoms with Crippen molar-refractivity contribution in [1.82, 2.24) is 14.7 Å². The van der Waals surface area contributed by atoms with E-state index in [1.807, 2.05) is 11.0 Å². The number of nitrogens with zero attached hydrogens (tertiary/aromatic N) is 3. The van der Waals surface area contributed by atoms with Crippen molar-refractivity contribution >= 4 is 17.9 Å². The molecule has 3 rings (SSSR count). The highest BCUT2D eigenvalue weighted by Crippen LogP contribution is 2.19. The first-order valence-electron chi connectivity index (χ1n) is 7.62. The lowest BCUT2D eigenvalue weighted by Gasteiger charge is -2.36. The number of amides is 3. The van der Waals surface area contributed by atoms with Crippen LogP contribution < -0.4 is 4.74 Å². The minimum absolute atomic E-state index is 0.147. The molecule has 0 aliphatic carbocycles. The number of para-hydroxylation sites is 1. The summed E-state index contributed by atoms with van der Waals surface area (Å²) in [6.07, 6.45) is -0.161. The topological polar surface area (TPSA) is 70.2 Å². The van der Waals surface area contributed by atoms with Crippen molar-refractivity contribution in [2.75, 3.05) is 33.2 Å². The summed E-state index contributed by atoms with van der Waals surface area (Å²) >= 11 is 0. The lowest BCUT2D eigenvalue weighted by atomic mass is 10.2. The largest absolute Gasteiger partial charge is 0.415 e. The predicted octanol–water partition coefficient (Wildman–Crippen LogP) is 0.560. The molecule has 1 aromatic rings. The lowest BCUT2D eigenvalue weighted by Crippen LogP contribution is -2.54. The minimum Gasteiger partial charge on any atom is -0.410 e. The van der Waals surface area contributed by atoms with E-state index in [0.717, 1.165) is 0 Å². The molecule has 0 bridgehead atoms. The van der Waals surface area contributed by atoms with E-state index in [1.54, 1.807) is 29.2 Å². The molecule has 0 aromatic heterocycles. The van der Waals surface area contributed by atoms with Gasteiger partial charge in [-0.3, -0.25) is 19.4 Å². The molecule has 0 spiro atoms. The van der Waals surface area contributed by atoms with Crippen molar-refractivity contribution in [3.8, 4) is 5.75 Å². The highest BCUT2D eigenvalue weighted by atomic mass is 16.6. The first kappa shape index (κ1) is 15.5. The Kier molecular flexibility index (Phi) is 4.29. The number of piperazine rings is 1. The maximum Gasteiger partial charge on any atom is 0.415 e. The fourth-order valence-corrected chi connectivity index (χ4v) is 2.89. The van der Waals surface area contributed by atoms with Gasteiger partial charge in [-0.1, -0.05) is 18.2 Å². The van der Waals surface area contributed by atoms with Crippen LogP contribution in [0.25, 0.3) is 0 Å². The molecule has 0 radical (unpaired) electrons. The first-order chi connectivity index (χ1) is 11.1. The number of carbonyl (C=O) groups is 3. The molecule has 7 heteroatoms. The second kappa shape index (κ2) is 6.37. The molecule has 2 saturated heterocycles. The Balaban J connectivity index is 1.53. The van der Waals surface area contributed by atoms with Crippen LogP contribution in [-0.4, -0.2) is 71.9 Å². The van der Waals surface area contributed by atoms with Crippen LogP contribution in [0.3, 0.4) is 0 Å². The summed E-state index contributed by atoms with van der Waals surface area (Å²) in [5.41, 5.74) is 0. The number of benzene rings is 1. The molecule has 3 amide bonds. The summed E-state index contributed by atoms with van der Waals surface area (Å²) in [5, 5.41) is 0. The molecule has 0 saturated carbocycles. The molecule has 7 nitrogen and oxygen atoms in total. The highest BCUT2D eigenvalue weighted by Gasteiger charge is 2.41. The van der Waals surface area contributed by atoms with Gasteiger partial charge in [0.05, 0.1) is 12.5 Å². The molecule has 2 aliphatic rings. The van der Waals surface area contributed by atoms with E-state index in [0.29, 0.717) is 31.9 Å². The molecular weight excluding hydrogens is 298 g/mol. The Hall–Kier alpha value is -2.41. The Labute approximate surface area is 134 Å². The van der Waals surface area contributed by atoms with Crippen molar-refractivity contribution in [3.63, 3.8) is 0 Å². The minimum atomic E-state index is -0.389. The van der Waals surface area contributed by atoms with Crippen LogP contribution in [0.1, 0.15) is 6.42 Å². The van der Waals surface area contributed by atoms with Crippen LogP contribution >= 0.6 is 0 Å². The van der Waals surface area contributed by atoms with E-state index in [1.165, 1.54) is 11.9 Å². The number of ether oxygens (including phenoxy) is 1. The number of hydrogen-bond acceptors (Lipinski definition) is 5. The molecule has 2 heterocycles. The lowest BCUT2D eigenvalue weighted by molar-refractivity contribution is -0.138. The highest BCUT2D eigenvalue weighted by molar-refractivity contribution is 6.05. The molecule has 1 atom stereocenters. The van der Waals surface area contributed by atoms with Crippen LogP contribution in [0.2, 0.25) is 0 Å². The Morgan fingerprint density at radius 3 is 2.30 bits per heavy atom. The summed E-state index contributed by atoms with van der Waals surface area (Å²) in [4.78, 5) is 40.5. The average Bonchev–Trinajstić information content (AvgIpc) is 2.83. The fraction of sp³-hybridized carbons (Fsp3) is 0.438. The predicted molar refractivity (Wildman–Crippen MR) is 81.8 cm³/mol. The van der Waals surface area contributed by atoms with E-state index < -0.39 is 0 Å². The molecule has 122 valence electrons. The van der Waals surface area contributed by atoms with Gasteiger partial charge in [-0.2, -0.15) is 0 Å². The van der Waals surface area contributed by atoms with Crippen LogP contribution in [0.5, 0.6) is 5.75 Å². The zero-order valence-corrected chi connectivity index (χ0v) is 13.0. The van der Waals surface area contributed by atoms with Gasteiger partial charge in [0.15, 0.2) is 0 Å². The zero-order chi connectivity index (χ0) is 16.4. The Morgan fingerprint density at radius 2 is 1.74 bits per heavy atom. The van der Waals surface area contributed by atoms with Gasteiger partial charge in [-0.05, 0) is 12.1 Å². The molecule has 2 aliphatic heterocycles. The average molecular weight is 317 g/mol. The molecule has 2 fully saturated rings. The standard InChI is InChI=1S/C16H19N3O4/c1-17-14(20)11-13(15(17)21)18-7-9-19(10-8-18)16(22)23-12-5-3-2-4-6-12/h2-6,13H,7-11H2,1H3. The van der Waals surface area contributed by atoms with Crippen molar-refractivity contribution < 1.29 is 19.1 Å². The van der Waals surface area contributed by atoms with Gasteiger partial charge in [0.2, 0.25) is 11.8 Å². The fourth-order valence-electron chi connectivity index (χ4n) is 2.89.